The maximum atomic E-state index is 12.5. The lowest BCUT2D eigenvalue weighted by atomic mass is 10.0. The highest BCUT2D eigenvalue weighted by molar-refractivity contribution is 8.03. The lowest BCUT2D eigenvalue weighted by Crippen LogP contribution is -2.48. The largest absolute Gasteiger partial charge is 0.496 e. The summed E-state index contributed by atoms with van der Waals surface area (Å²) in [6.07, 6.45) is 30.1. The molecule has 0 bridgehead atoms. The van der Waals surface area contributed by atoms with Gasteiger partial charge in [0.1, 0.15) is 23.4 Å². The van der Waals surface area contributed by atoms with Gasteiger partial charge < -0.3 is 41.4 Å². The Morgan fingerprint density at radius 3 is 1.86 bits per heavy atom. The molecule has 12 nitrogen and oxygen atoms in total. The molecule has 6 N–H and O–H groups in total. The van der Waals surface area contributed by atoms with Gasteiger partial charge in [-0.2, -0.15) is 4.98 Å². The minimum Gasteiger partial charge on any atom is -0.496 e. The zero-order chi connectivity index (χ0) is 48.1. The van der Waals surface area contributed by atoms with Crippen LogP contribution in [0.25, 0.3) is 0 Å². The van der Waals surface area contributed by atoms with Gasteiger partial charge in [-0.1, -0.05) is 150 Å². The van der Waals surface area contributed by atoms with E-state index in [9.17, 15) is 9.59 Å². The van der Waals surface area contributed by atoms with Gasteiger partial charge >= 0.3 is 0 Å². The van der Waals surface area contributed by atoms with E-state index in [-0.39, 0.29) is 11.9 Å². The first-order chi connectivity index (χ1) is 31.3. The molecule has 1 fully saturated rings. The van der Waals surface area contributed by atoms with Gasteiger partial charge in [0, 0.05) is 69.1 Å². The van der Waals surface area contributed by atoms with E-state index in [1.807, 2.05) is 37.9 Å². The predicted octanol–water partition coefficient (Wildman–Crippen LogP) is 11.4. The second-order valence-electron chi connectivity index (χ2n) is 16.0. The van der Waals surface area contributed by atoms with Crippen molar-refractivity contribution in [1.82, 2.24) is 20.2 Å². The second kappa shape index (κ2) is 46.0. The van der Waals surface area contributed by atoms with Crippen LogP contribution in [0, 0.1) is 0 Å². The molecule has 1 saturated heterocycles. The standard InChI is InChI=1S/C27H43N9O2.C18H36O.C3H8.C2H6.BHS/c1-4-5-12-32-26-25(28)22(33-27(29)34-26)19-31-18-20-9-10-21(17-23(20)38-3)35-13-15-36(16-14-35)24(37)8-6-7-11-30-2;1-2-3-4-5-6-7-8-9-10-11-12-13-14-15-16-17-18-19;1-3-2;2*1-2/h9-10,17,19,30H,4-8,11-16,18,28H2,1-3H3,(H3,29,32,33,34);18H,2-17H2,1H3;3H2,1-2H3;1-2H3;2H. The number of carbonyl (C=O) groups excluding carboxylic acids is 2. The van der Waals surface area contributed by atoms with Crippen molar-refractivity contribution in [3.63, 3.8) is 0 Å². The summed E-state index contributed by atoms with van der Waals surface area (Å²) in [5.74, 6) is 1.70. The van der Waals surface area contributed by atoms with Crippen LogP contribution in [-0.2, 0) is 16.1 Å². The normalized spacial score (nSPS) is 11.8. The number of nitrogens with one attached hydrogen (secondary N) is 2. The summed E-state index contributed by atoms with van der Waals surface area (Å²) in [5.41, 5.74) is 15.1. The van der Waals surface area contributed by atoms with Crippen LogP contribution < -0.4 is 31.7 Å². The molecule has 14 heteroatoms. The number of nitrogens with two attached hydrogens (primary N) is 2. The van der Waals surface area contributed by atoms with Crippen LogP contribution in [0.1, 0.15) is 194 Å². The number of ether oxygens (including phenoxy) is 1. The molecule has 0 unspecified atom stereocenters. The lowest BCUT2D eigenvalue weighted by Gasteiger charge is -2.36. The molecule has 0 spiro atoms. The lowest BCUT2D eigenvalue weighted by molar-refractivity contribution is -0.131. The average Bonchev–Trinajstić information content (AvgIpc) is 3.32. The van der Waals surface area contributed by atoms with Gasteiger partial charge in [-0.25, -0.2) is 17.5 Å². The van der Waals surface area contributed by atoms with Crippen LogP contribution in [0.5, 0.6) is 5.75 Å². The van der Waals surface area contributed by atoms with E-state index in [4.69, 9.17) is 16.2 Å². The Morgan fingerprint density at radius 2 is 1.34 bits per heavy atom. The molecule has 2 radical (unpaired) electrons. The predicted molar refractivity (Wildman–Crippen MR) is 283 cm³/mol. The monoisotopic (exact) mass is 912 g/mol. The van der Waals surface area contributed by atoms with Gasteiger partial charge in [-0.15, -0.1) is 0 Å². The van der Waals surface area contributed by atoms with Crippen LogP contribution in [0.4, 0.5) is 23.1 Å². The van der Waals surface area contributed by atoms with Crippen molar-refractivity contribution in [2.75, 3.05) is 75.1 Å². The molecule has 1 aliphatic heterocycles. The molecular weight excluding hydrogens is 817 g/mol. The van der Waals surface area contributed by atoms with Crippen molar-refractivity contribution in [3.8, 4) is 5.75 Å². The van der Waals surface area contributed by atoms with Gasteiger partial charge in [-0.3, -0.25) is 9.79 Å². The minimum absolute atomic E-state index is 0.150. The van der Waals surface area contributed by atoms with Crippen LogP contribution in [0.3, 0.4) is 0 Å². The second-order valence-corrected chi connectivity index (χ2v) is 16.0. The van der Waals surface area contributed by atoms with Crippen LogP contribution in [-0.4, -0.2) is 93.8 Å². The molecular formula is C50H94BN9O3S. The zero-order valence-electron chi connectivity index (χ0n) is 42.0. The van der Waals surface area contributed by atoms with E-state index in [0.29, 0.717) is 30.2 Å². The maximum absolute atomic E-state index is 12.5. The number of amides is 1. The summed E-state index contributed by atoms with van der Waals surface area (Å²) in [6.45, 7) is 17.8. The highest BCUT2D eigenvalue weighted by atomic mass is 32.1. The van der Waals surface area contributed by atoms with Crippen molar-refractivity contribution in [2.45, 2.75) is 189 Å². The Bertz CT molecular complexity index is 1410. The van der Waals surface area contributed by atoms with E-state index in [2.05, 4.69) is 83.9 Å². The fourth-order valence-electron chi connectivity index (χ4n) is 6.96. The molecule has 0 aliphatic carbocycles. The molecule has 1 aromatic carbocycles. The number of anilines is 4. The van der Waals surface area contributed by atoms with E-state index in [1.165, 1.54) is 96.3 Å². The number of carbonyl (C=O) groups is 2. The molecule has 0 saturated carbocycles. The van der Waals surface area contributed by atoms with E-state index >= 15 is 0 Å². The molecule has 1 aliphatic rings. The number of aliphatic imine (C=N–C) groups is 1. The van der Waals surface area contributed by atoms with Gasteiger partial charge in [0.25, 0.3) is 0 Å². The fourth-order valence-corrected chi connectivity index (χ4v) is 6.96. The molecule has 3 rings (SSSR count). The molecule has 1 aromatic heterocycles. The summed E-state index contributed by atoms with van der Waals surface area (Å²) in [5, 5.41) is 6.34. The third kappa shape index (κ3) is 31.4. The number of unbranched alkanes of at least 4 members (excludes halogenated alkanes) is 17. The summed E-state index contributed by atoms with van der Waals surface area (Å²) >= 11 is 3.03. The number of aromatic nitrogens is 2. The SMILES string of the molecule is CC.CCC.CCCCCCCCCCCCCCCCCC=O.CCCCNc1nc(N)nc(C=NCc2ccc(N3CCN(C(=O)CCCCNC)CC3)cc2OC)c1N.[B]S. The number of nitrogens with zero attached hydrogens (tertiary/aromatic N) is 5. The molecule has 366 valence electrons. The minimum atomic E-state index is 0.150. The van der Waals surface area contributed by atoms with Crippen molar-refractivity contribution in [2.24, 2.45) is 4.99 Å². The molecule has 0 atom stereocenters. The summed E-state index contributed by atoms with van der Waals surface area (Å²) < 4.78 is 5.67. The van der Waals surface area contributed by atoms with Gasteiger partial charge in [-0.05, 0) is 45.3 Å². The van der Waals surface area contributed by atoms with E-state index < -0.39 is 0 Å². The quantitative estimate of drug-likeness (QED) is 0.0168. The number of thiol groups is 1. The number of methoxy groups -OCH3 is 1. The summed E-state index contributed by atoms with van der Waals surface area (Å²) in [4.78, 5) is 39.9. The van der Waals surface area contributed by atoms with Crippen LogP contribution in [0.15, 0.2) is 23.2 Å². The topological polar surface area (TPSA) is 164 Å². The summed E-state index contributed by atoms with van der Waals surface area (Å²) in [6, 6.07) is 6.14. The highest BCUT2D eigenvalue weighted by Gasteiger charge is 2.21. The number of rotatable bonds is 30. The van der Waals surface area contributed by atoms with Crippen LogP contribution in [0.2, 0.25) is 0 Å². The molecule has 2 heterocycles. The molecule has 64 heavy (non-hydrogen) atoms. The number of nitrogen functional groups attached to an aromatic ring is 2. The van der Waals surface area contributed by atoms with Crippen molar-refractivity contribution in [1.29, 1.82) is 0 Å². The maximum Gasteiger partial charge on any atom is 0.222 e. The van der Waals surface area contributed by atoms with Gasteiger partial charge in [0.15, 0.2) is 12.9 Å². The third-order valence-electron chi connectivity index (χ3n) is 10.6. The zero-order valence-corrected chi connectivity index (χ0v) is 42.9. The number of aldehydes is 1. The Kier molecular flexibility index (Phi) is 45.0. The number of hydrogen-bond acceptors (Lipinski definition) is 12. The summed E-state index contributed by atoms with van der Waals surface area (Å²) in [7, 11) is 7.79. The first-order valence-corrected chi connectivity index (χ1v) is 25.5. The average molecular weight is 912 g/mol. The first kappa shape index (κ1) is 62.6. The highest BCUT2D eigenvalue weighted by Crippen LogP contribution is 2.28. The number of hydrogen-bond donors (Lipinski definition) is 5. The Labute approximate surface area is 398 Å². The number of piperazine rings is 1. The fraction of sp³-hybridized carbons (Fsp3) is 0.740. The van der Waals surface area contributed by atoms with Crippen molar-refractivity contribution < 1.29 is 14.3 Å². The Morgan fingerprint density at radius 1 is 0.797 bits per heavy atom. The van der Waals surface area contributed by atoms with Crippen molar-refractivity contribution in [3.05, 3.63) is 29.5 Å². The third-order valence-corrected chi connectivity index (χ3v) is 10.6. The Hall–Kier alpha value is -3.52. The smallest absolute Gasteiger partial charge is 0.222 e. The number of benzene rings is 1. The first-order valence-electron chi connectivity index (χ1n) is 25.0. The van der Waals surface area contributed by atoms with Crippen LogP contribution >= 0.6 is 12.5 Å². The van der Waals surface area contributed by atoms with E-state index in [0.717, 1.165) is 101 Å². The molecule has 1 amide bonds. The van der Waals surface area contributed by atoms with E-state index in [1.54, 1.807) is 13.3 Å². The Balaban J connectivity index is 0. The van der Waals surface area contributed by atoms with Crippen molar-refractivity contribution >= 4 is 61.2 Å². The van der Waals surface area contributed by atoms with Gasteiger partial charge in [0.05, 0.1) is 13.7 Å². The van der Waals surface area contributed by atoms with Gasteiger partial charge in [0.2, 0.25) is 11.9 Å². The molecule has 2 aromatic rings.